The van der Waals surface area contributed by atoms with Gasteiger partial charge in [0, 0.05) is 21.2 Å². The zero-order chi connectivity index (χ0) is 18.3. The highest BCUT2D eigenvalue weighted by molar-refractivity contribution is 6.83. The fraction of sp³-hybridized carbons (Fsp3) is 0.0588. The number of ketones is 2. The van der Waals surface area contributed by atoms with Crippen molar-refractivity contribution in [1.82, 2.24) is 0 Å². The second-order valence-electron chi connectivity index (χ2n) is 4.25. The molecule has 2 rings (SSSR count). The van der Waals surface area contributed by atoms with Crippen LogP contribution in [0.1, 0.15) is 28.1 Å². The van der Waals surface area contributed by atoms with Crippen molar-refractivity contribution in [2.75, 3.05) is 0 Å². The first kappa shape index (κ1) is 22.8. The van der Waals surface area contributed by atoms with Crippen molar-refractivity contribution in [3.05, 3.63) is 69.7 Å². The van der Waals surface area contributed by atoms with E-state index in [1.165, 1.54) is 48.5 Å². The van der Waals surface area contributed by atoms with E-state index in [9.17, 15) is 19.2 Å². The highest BCUT2D eigenvalue weighted by atomic mass is 35.5. The predicted octanol–water partition coefficient (Wildman–Crippen LogP) is 4.53. The van der Waals surface area contributed by atoms with Gasteiger partial charge in [-0.25, -0.2) is 4.79 Å². The molecule has 0 aliphatic rings. The lowest BCUT2D eigenvalue weighted by molar-refractivity contribution is -0.131. The van der Waals surface area contributed by atoms with Crippen LogP contribution in [0.5, 0.6) is 0 Å². The SMILES string of the molecule is C.O=C(Cl)C(=O)c1ccc(Cl)cc1.O=C(O)C(=O)c1ccc(Cl)cc1. The third-order valence-corrected chi connectivity index (χ3v) is 3.26. The van der Waals surface area contributed by atoms with Crippen molar-refractivity contribution >= 4 is 57.6 Å². The van der Waals surface area contributed by atoms with E-state index in [-0.39, 0.29) is 18.6 Å². The van der Waals surface area contributed by atoms with E-state index in [0.717, 1.165) is 0 Å². The van der Waals surface area contributed by atoms with Crippen LogP contribution in [0, 0.1) is 0 Å². The molecule has 25 heavy (non-hydrogen) atoms. The average molecular weight is 404 g/mol. The van der Waals surface area contributed by atoms with Crippen LogP contribution >= 0.6 is 34.8 Å². The molecule has 0 aromatic heterocycles. The molecule has 8 heteroatoms. The number of hydrogen-bond acceptors (Lipinski definition) is 4. The zero-order valence-electron chi connectivity index (χ0n) is 11.8. The Labute approximate surface area is 159 Å². The van der Waals surface area contributed by atoms with Gasteiger partial charge >= 0.3 is 5.97 Å². The van der Waals surface area contributed by atoms with E-state index >= 15 is 0 Å². The molecule has 0 amide bonds. The first-order valence-corrected chi connectivity index (χ1v) is 7.38. The Bertz CT molecular complexity index is 700. The number of rotatable bonds is 4. The van der Waals surface area contributed by atoms with E-state index < -0.39 is 22.8 Å². The minimum Gasteiger partial charge on any atom is -0.475 e. The Kier molecular flexibility index (Phi) is 9.67. The van der Waals surface area contributed by atoms with E-state index in [4.69, 9.17) is 39.9 Å². The Hall–Kier alpha value is -2.21. The lowest BCUT2D eigenvalue weighted by Crippen LogP contribution is -2.12. The van der Waals surface area contributed by atoms with Crippen molar-refractivity contribution in [1.29, 1.82) is 0 Å². The second kappa shape index (κ2) is 10.6. The Balaban J connectivity index is 0.000000443. The van der Waals surface area contributed by atoms with Crippen LogP contribution in [0.15, 0.2) is 48.5 Å². The summed E-state index contributed by atoms with van der Waals surface area (Å²) >= 11 is 16.1. The van der Waals surface area contributed by atoms with Crippen molar-refractivity contribution in [3.8, 4) is 0 Å². The quantitative estimate of drug-likeness (QED) is 0.460. The molecule has 2 aromatic carbocycles. The molecule has 0 fully saturated rings. The van der Waals surface area contributed by atoms with Gasteiger partial charge in [-0.05, 0) is 60.1 Å². The second-order valence-corrected chi connectivity index (χ2v) is 5.47. The van der Waals surface area contributed by atoms with Crippen molar-refractivity contribution in [2.24, 2.45) is 0 Å². The molecule has 0 atom stereocenters. The standard InChI is InChI=1S/C8H4Cl2O2.C8H5ClO3.CH4/c9-6-3-1-5(2-4-6)7(11)8(10)12;9-6-3-1-5(2-4-6)7(10)8(11)12;/h1-4H;1-4H,(H,11,12);1H4. The number of carboxylic acids is 1. The highest BCUT2D eigenvalue weighted by Crippen LogP contribution is 2.11. The lowest BCUT2D eigenvalue weighted by atomic mass is 10.1. The summed E-state index contributed by atoms with van der Waals surface area (Å²) in [5.74, 6) is -3.10. The van der Waals surface area contributed by atoms with Gasteiger partial charge in [0.25, 0.3) is 11.0 Å². The van der Waals surface area contributed by atoms with E-state index in [1.807, 2.05) is 0 Å². The molecule has 0 aliphatic carbocycles. The summed E-state index contributed by atoms with van der Waals surface area (Å²) in [7, 11) is 0. The predicted molar refractivity (Wildman–Crippen MR) is 96.8 cm³/mol. The molecule has 0 bridgehead atoms. The van der Waals surface area contributed by atoms with E-state index in [2.05, 4.69) is 0 Å². The molecule has 0 aliphatic heterocycles. The summed E-state index contributed by atoms with van der Waals surface area (Å²) < 4.78 is 0. The third-order valence-electron chi connectivity index (χ3n) is 2.59. The number of carbonyl (C=O) groups excluding carboxylic acids is 3. The minimum atomic E-state index is -1.46. The fourth-order valence-electron chi connectivity index (χ4n) is 1.44. The smallest absolute Gasteiger partial charge is 0.377 e. The van der Waals surface area contributed by atoms with Gasteiger partial charge in [0.05, 0.1) is 0 Å². The molecule has 5 nitrogen and oxygen atoms in total. The average Bonchev–Trinajstić information content (AvgIpc) is 2.55. The lowest BCUT2D eigenvalue weighted by Gasteiger charge is -1.94. The topological polar surface area (TPSA) is 88.5 Å². The normalized spacial score (nSPS) is 9.08. The van der Waals surface area contributed by atoms with Crippen molar-refractivity contribution in [3.63, 3.8) is 0 Å². The zero-order valence-corrected chi connectivity index (χ0v) is 14.1. The molecule has 1 N–H and O–H groups in total. The largest absolute Gasteiger partial charge is 0.475 e. The van der Waals surface area contributed by atoms with Gasteiger partial charge in [0.1, 0.15) is 0 Å². The molecule has 0 saturated carbocycles. The number of aliphatic carboxylic acids is 1. The summed E-state index contributed by atoms with van der Waals surface area (Å²) in [6, 6.07) is 11.6. The maximum atomic E-state index is 10.9. The summed E-state index contributed by atoms with van der Waals surface area (Å²) in [5.41, 5.74) is 0.381. The molecular weight excluding hydrogens is 391 g/mol. The first-order chi connectivity index (χ1) is 11.2. The van der Waals surface area contributed by atoms with Crippen molar-refractivity contribution < 1.29 is 24.3 Å². The first-order valence-electron chi connectivity index (χ1n) is 6.25. The number of carboxylic acid groups (broad SMARTS) is 1. The molecule has 0 heterocycles. The molecule has 132 valence electrons. The molecular formula is C17H13Cl3O5. The van der Waals surface area contributed by atoms with Gasteiger partial charge in [0.15, 0.2) is 0 Å². The highest BCUT2D eigenvalue weighted by Gasteiger charge is 2.13. The summed E-state index contributed by atoms with van der Waals surface area (Å²) in [5, 5.41) is 8.31. The van der Waals surface area contributed by atoms with Crippen LogP contribution < -0.4 is 0 Å². The van der Waals surface area contributed by atoms with E-state index in [1.54, 1.807) is 0 Å². The van der Waals surface area contributed by atoms with Crippen LogP contribution in [0.2, 0.25) is 10.0 Å². The maximum Gasteiger partial charge on any atom is 0.377 e. The van der Waals surface area contributed by atoms with Gasteiger partial charge in [0.2, 0.25) is 5.78 Å². The van der Waals surface area contributed by atoms with Crippen molar-refractivity contribution in [2.45, 2.75) is 7.43 Å². The molecule has 2 aromatic rings. The number of benzene rings is 2. The summed E-state index contributed by atoms with van der Waals surface area (Å²) in [6.07, 6.45) is 0. The minimum absolute atomic E-state index is 0. The Morgan fingerprint density at radius 3 is 1.28 bits per heavy atom. The van der Waals surface area contributed by atoms with Crippen LogP contribution in [-0.4, -0.2) is 27.9 Å². The van der Waals surface area contributed by atoms with Crippen LogP contribution in [0.4, 0.5) is 0 Å². The van der Waals surface area contributed by atoms with Crippen LogP contribution in [0.25, 0.3) is 0 Å². The Morgan fingerprint density at radius 2 is 1.00 bits per heavy atom. The Morgan fingerprint density at radius 1 is 0.680 bits per heavy atom. The van der Waals surface area contributed by atoms with Gasteiger partial charge in [-0.1, -0.05) is 30.6 Å². The number of halogens is 3. The molecule has 0 unspecified atom stereocenters. The number of hydrogen-bond donors (Lipinski definition) is 1. The molecule has 0 saturated heterocycles. The van der Waals surface area contributed by atoms with Gasteiger partial charge in [-0.15, -0.1) is 0 Å². The van der Waals surface area contributed by atoms with Gasteiger partial charge in [-0.3, -0.25) is 14.4 Å². The summed E-state index contributed by atoms with van der Waals surface area (Å²) in [6.45, 7) is 0. The van der Waals surface area contributed by atoms with Gasteiger partial charge in [-0.2, -0.15) is 0 Å². The van der Waals surface area contributed by atoms with Crippen LogP contribution in [-0.2, 0) is 9.59 Å². The molecule has 0 spiro atoms. The number of carbonyl (C=O) groups is 4. The molecule has 0 radical (unpaired) electrons. The third kappa shape index (κ3) is 7.47. The van der Waals surface area contributed by atoms with Gasteiger partial charge < -0.3 is 5.11 Å². The maximum absolute atomic E-state index is 10.9. The number of Topliss-reactive ketones (excluding diaryl/α,β-unsaturated/α-hetero) is 2. The monoisotopic (exact) mass is 402 g/mol. The summed E-state index contributed by atoms with van der Waals surface area (Å²) in [4.78, 5) is 42.4. The van der Waals surface area contributed by atoms with E-state index in [0.29, 0.717) is 10.0 Å². The van der Waals surface area contributed by atoms with Crippen LogP contribution in [0.3, 0.4) is 0 Å². The fourth-order valence-corrected chi connectivity index (χ4v) is 1.80.